The summed E-state index contributed by atoms with van der Waals surface area (Å²) in [5, 5.41) is 8.89. The second kappa shape index (κ2) is 4.21. The molecule has 0 aliphatic heterocycles. The maximum Gasteiger partial charge on any atom is 0.345 e. The van der Waals surface area contributed by atoms with Gasteiger partial charge in [-0.1, -0.05) is 13.8 Å². The second-order valence-electron chi connectivity index (χ2n) is 5.45. The van der Waals surface area contributed by atoms with Crippen LogP contribution < -0.4 is 0 Å². The van der Waals surface area contributed by atoms with E-state index < -0.39 is 5.97 Å². The van der Waals surface area contributed by atoms with Gasteiger partial charge in [0, 0.05) is 4.88 Å². The van der Waals surface area contributed by atoms with Crippen molar-refractivity contribution in [2.75, 3.05) is 0 Å². The monoisotopic (exact) mass is 238 g/mol. The summed E-state index contributed by atoms with van der Waals surface area (Å²) in [6.07, 6.45) is 4.90. The van der Waals surface area contributed by atoms with Crippen LogP contribution in [0.4, 0.5) is 0 Å². The normalized spacial score (nSPS) is 20.9. The summed E-state index contributed by atoms with van der Waals surface area (Å²) in [6, 6.07) is 3.74. The van der Waals surface area contributed by atoms with Crippen molar-refractivity contribution in [1.29, 1.82) is 0 Å². The van der Waals surface area contributed by atoms with E-state index in [1.54, 1.807) is 6.07 Å². The predicted octanol–water partition coefficient (Wildman–Crippen LogP) is 4.13. The molecule has 1 aliphatic carbocycles. The minimum Gasteiger partial charge on any atom is -0.477 e. The molecule has 1 N–H and O–H groups in total. The highest BCUT2D eigenvalue weighted by Crippen LogP contribution is 2.43. The summed E-state index contributed by atoms with van der Waals surface area (Å²) in [7, 11) is 0. The highest BCUT2D eigenvalue weighted by molar-refractivity contribution is 7.14. The maximum atomic E-state index is 10.8. The first kappa shape index (κ1) is 11.6. The average Bonchev–Trinajstić information content (AvgIpc) is 2.66. The third-order valence-corrected chi connectivity index (χ3v) is 4.81. The number of carbonyl (C=O) groups is 1. The lowest BCUT2D eigenvalue weighted by Gasteiger charge is -2.33. The van der Waals surface area contributed by atoms with Gasteiger partial charge in [-0.25, -0.2) is 4.79 Å². The molecule has 0 saturated heterocycles. The quantitative estimate of drug-likeness (QED) is 0.841. The Kier molecular flexibility index (Phi) is 3.06. The molecule has 0 spiro atoms. The van der Waals surface area contributed by atoms with E-state index in [4.69, 9.17) is 5.11 Å². The molecule has 88 valence electrons. The van der Waals surface area contributed by atoms with Crippen LogP contribution in [-0.2, 0) is 0 Å². The van der Waals surface area contributed by atoms with E-state index in [-0.39, 0.29) is 0 Å². The maximum absolute atomic E-state index is 10.8. The van der Waals surface area contributed by atoms with E-state index in [0.29, 0.717) is 16.2 Å². The van der Waals surface area contributed by atoms with Crippen molar-refractivity contribution in [2.24, 2.45) is 5.41 Å². The molecule has 3 heteroatoms. The highest BCUT2D eigenvalue weighted by Gasteiger charge is 2.28. The fourth-order valence-corrected chi connectivity index (χ4v) is 3.39. The third-order valence-electron chi connectivity index (χ3n) is 3.58. The molecule has 1 fully saturated rings. The van der Waals surface area contributed by atoms with Gasteiger partial charge in [0.25, 0.3) is 0 Å². The molecule has 0 unspecified atom stereocenters. The van der Waals surface area contributed by atoms with Crippen molar-refractivity contribution in [3.05, 3.63) is 21.9 Å². The lowest BCUT2D eigenvalue weighted by Crippen LogP contribution is -2.19. The van der Waals surface area contributed by atoms with Crippen LogP contribution in [0.2, 0.25) is 0 Å². The first-order chi connectivity index (χ1) is 7.48. The van der Waals surface area contributed by atoms with E-state index in [0.717, 1.165) is 0 Å². The molecule has 0 aromatic carbocycles. The Labute approximate surface area is 100 Å². The standard InChI is InChI=1S/C13H18O2S/c1-13(2)7-5-9(6-8-13)10-3-4-11(16-10)12(14)15/h3-4,9H,5-8H2,1-2H3,(H,14,15). The van der Waals surface area contributed by atoms with Gasteiger partial charge < -0.3 is 5.11 Å². The molecule has 1 aromatic heterocycles. The molecule has 2 rings (SSSR count). The van der Waals surface area contributed by atoms with Crippen LogP contribution in [-0.4, -0.2) is 11.1 Å². The van der Waals surface area contributed by atoms with E-state index in [1.807, 2.05) is 6.07 Å². The van der Waals surface area contributed by atoms with Crippen LogP contribution in [0.3, 0.4) is 0 Å². The van der Waals surface area contributed by atoms with E-state index >= 15 is 0 Å². The minimum absolute atomic E-state index is 0.472. The first-order valence-corrected chi connectivity index (χ1v) is 6.63. The van der Waals surface area contributed by atoms with Crippen LogP contribution in [0.5, 0.6) is 0 Å². The topological polar surface area (TPSA) is 37.3 Å². The zero-order valence-electron chi connectivity index (χ0n) is 9.82. The van der Waals surface area contributed by atoms with Crippen molar-refractivity contribution in [3.8, 4) is 0 Å². The van der Waals surface area contributed by atoms with Gasteiger partial charge in [0.05, 0.1) is 0 Å². The molecular weight excluding hydrogens is 220 g/mol. The fraction of sp³-hybridized carbons (Fsp3) is 0.615. The van der Waals surface area contributed by atoms with Crippen LogP contribution in [0.15, 0.2) is 12.1 Å². The smallest absolute Gasteiger partial charge is 0.345 e. The molecule has 1 aromatic rings. The summed E-state index contributed by atoms with van der Waals surface area (Å²) in [4.78, 5) is 12.5. The Balaban J connectivity index is 2.05. The Morgan fingerprint density at radius 2 is 2.00 bits per heavy atom. The van der Waals surface area contributed by atoms with E-state index in [1.165, 1.54) is 41.9 Å². The lowest BCUT2D eigenvalue weighted by molar-refractivity contribution is 0.0702. The number of hydrogen-bond donors (Lipinski definition) is 1. The van der Waals surface area contributed by atoms with Gasteiger partial charge in [-0.05, 0) is 49.1 Å². The second-order valence-corrected chi connectivity index (χ2v) is 6.56. The summed E-state index contributed by atoms with van der Waals surface area (Å²) in [5.74, 6) is -0.210. The largest absolute Gasteiger partial charge is 0.477 e. The van der Waals surface area contributed by atoms with E-state index in [2.05, 4.69) is 13.8 Å². The average molecular weight is 238 g/mol. The van der Waals surface area contributed by atoms with Crippen LogP contribution in [0.25, 0.3) is 0 Å². The molecule has 0 amide bonds. The number of aromatic carboxylic acids is 1. The number of hydrogen-bond acceptors (Lipinski definition) is 2. The minimum atomic E-state index is -0.799. The number of rotatable bonds is 2. The highest BCUT2D eigenvalue weighted by atomic mass is 32.1. The third kappa shape index (κ3) is 2.46. The van der Waals surface area contributed by atoms with Crippen molar-refractivity contribution < 1.29 is 9.90 Å². The molecule has 0 radical (unpaired) electrons. The van der Waals surface area contributed by atoms with Gasteiger partial charge in [0.15, 0.2) is 0 Å². The van der Waals surface area contributed by atoms with Gasteiger partial charge in [-0.15, -0.1) is 11.3 Å². The predicted molar refractivity (Wildman–Crippen MR) is 66.3 cm³/mol. The van der Waals surface area contributed by atoms with Crippen LogP contribution in [0, 0.1) is 5.41 Å². The van der Waals surface area contributed by atoms with Gasteiger partial charge in [0.2, 0.25) is 0 Å². The Hall–Kier alpha value is -0.830. The van der Waals surface area contributed by atoms with Crippen LogP contribution in [0.1, 0.15) is 60.0 Å². The summed E-state index contributed by atoms with van der Waals surface area (Å²) in [6.45, 7) is 4.64. The fourth-order valence-electron chi connectivity index (χ4n) is 2.37. The molecule has 1 saturated carbocycles. The van der Waals surface area contributed by atoms with Gasteiger partial charge in [-0.2, -0.15) is 0 Å². The molecule has 2 nitrogen and oxygen atoms in total. The first-order valence-electron chi connectivity index (χ1n) is 5.81. The summed E-state index contributed by atoms with van der Waals surface area (Å²) < 4.78 is 0. The number of carboxylic acids is 1. The van der Waals surface area contributed by atoms with Gasteiger partial charge in [-0.3, -0.25) is 0 Å². The zero-order valence-corrected chi connectivity index (χ0v) is 10.6. The van der Waals surface area contributed by atoms with Crippen LogP contribution >= 0.6 is 11.3 Å². The number of carboxylic acid groups (broad SMARTS) is 1. The molecule has 16 heavy (non-hydrogen) atoms. The number of thiophene rings is 1. The summed E-state index contributed by atoms with van der Waals surface area (Å²) >= 11 is 1.45. The SMILES string of the molecule is CC1(C)CCC(c2ccc(C(=O)O)s2)CC1. The van der Waals surface area contributed by atoms with E-state index in [9.17, 15) is 4.79 Å². The van der Waals surface area contributed by atoms with Gasteiger partial charge >= 0.3 is 5.97 Å². The Morgan fingerprint density at radius 3 is 2.50 bits per heavy atom. The molecule has 1 heterocycles. The van der Waals surface area contributed by atoms with Crippen molar-refractivity contribution in [2.45, 2.75) is 45.4 Å². The Bertz CT molecular complexity index is 382. The van der Waals surface area contributed by atoms with Crippen molar-refractivity contribution in [1.82, 2.24) is 0 Å². The molecule has 1 aliphatic rings. The molecular formula is C13H18O2S. The Morgan fingerprint density at radius 1 is 1.38 bits per heavy atom. The zero-order chi connectivity index (χ0) is 11.8. The van der Waals surface area contributed by atoms with Gasteiger partial charge in [0.1, 0.15) is 4.88 Å². The van der Waals surface area contributed by atoms with Crippen molar-refractivity contribution >= 4 is 17.3 Å². The molecule has 0 bridgehead atoms. The molecule has 0 atom stereocenters. The van der Waals surface area contributed by atoms with Crippen molar-refractivity contribution in [3.63, 3.8) is 0 Å². The lowest BCUT2D eigenvalue weighted by atomic mass is 9.73. The summed E-state index contributed by atoms with van der Waals surface area (Å²) in [5.41, 5.74) is 0.476.